The van der Waals surface area contributed by atoms with Gasteiger partial charge in [-0.05, 0) is 37.3 Å². The first kappa shape index (κ1) is 15.3. The summed E-state index contributed by atoms with van der Waals surface area (Å²) in [6, 6.07) is 16.9. The number of halogens is 2. The summed E-state index contributed by atoms with van der Waals surface area (Å²) < 4.78 is 28.1. The summed E-state index contributed by atoms with van der Waals surface area (Å²) in [5.74, 6) is -1.45. The normalized spacial score (nSPS) is 11.0. The van der Waals surface area contributed by atoms with Gasteiger partial charge >= 0.3 is 0 Å². The number of nitrogens with zero attached hydrogens (tertiary/aromatic N) is 3. The summed E-state index contributed by atoms with van der Waals surface area (Å²) in [7, 11) is 0. The van der Waals surface area contributed by atoms with Crippen LogP contribution in [0.1, 0.15) is 5.69 Å². The lowest BCUT2D eigenvalue weighted by molar-refractivity contribution is 0.511. The molecule has 0 saturated carbocycles. The van der Waals surface area contributed by atoms with Gasteiger partial charge in [-0.25, -0.2) is 23.7 Å². The van der Waals surface area contributed by atoms with Gasteiger partial charge in [0.05, 0.1) is 11.2 Å². The zero-order chi connectivity index (χ0) is 17.4. The maximum Gasteiger partial charge on any atom is 0.179 e. The minimum Gasteiger partial charge on any atom is -0.250 e. The van der Waals surface area contributed by atoms with Crippen LogP contribution < -0.4 is 0 Å². The monoisotopic (exact) mass is 333 g/mol. The summed E-state index contributed by atoms with van der Waals surface area (Å²) in [5.41, 5.74) is 2.51. The third-order valence-electron chi connectivity index (χ3n) is 3.93. The fourth-order valence-corrected chi connectivity index (χ4v) is 2.75. The van der Waals surface area contributed by atoms with E-state index in [-0.39, 0.29) is 5.56 Å². The molecule has 0 radical (unpaired) electrons. The van der Waals surface area contributed by atoms with Crippen LogP contribution in [0.2, 0.25) is 0 Å². The van der Waals surface area contributed by atoms with E-state index in [0.717, 1.165) is 11.8 Å². The number of rotatable bonds is 2. The second-order valence-corrected chi connectivity index (χ2v) is 5.68. The topological polar surface area (TPSA) is 38.7 Å². The van der Waals surface area contributed by atoms with Gasteiger partial charge in [-0.15, -0.1) is 0 Å². The first-order valence-electron chi connectivity index (χ1n) is 7.78. The quantitative estimate of drug-likeness (QED) is 0.521. The average Bonchev–Trinajstić information content (AvgIpc) is 2.63. The number of aryl methyl sites for hydroxylation is 1. The molecule has 5 heteroatoms. The van der Waals surface area contributed by atoms with Crippen LogP contribution >= 0.6 is 0 Å². The molecule has 0 aliphatic heterocycles. The number of benzene rings is 2. The molecular weight excluding hydrogens is 320 g/mol. The van der Waals surface area contributed by atoms with E-state index in [9.17, 15) is 8.78 Å². The van der Waals surface area contributed by atoms with Crippen LogP contribution in [0.3, 0.4) is 0 Å². The molecule has 0 amide bonds. The second kappa shape index (κ2) is 6.02. The van der Waals surface area contributed by atoms with E-state index in [1.807, 2.05) is 37.3 Å². The molecule has 0 aliphatic rings. The molecule has 25 heavy (non-hydrogen) atoms. The van der Waals surface area contributed by atoms with Crippen molar-refractivity contribution in [2.45, 2.75) is 6.92 Å². The van der Waals surface area contributed by atoms with Gasteiger partial charge in [0.15, 0.2) is 17.5 Å². The zero-order valence-electron chi connectivity index (χ0n) is 13.4. The van der Waals surface area contributed by atoms with Crippen LogP contribution in [0.5, 0.6) is 0 Å². The van der Waals surface area contributed by atoms with E-state index in [1.165, 1.54) is 12.1 Å². The molecule has 0 fully saturated rings. The Hall–Kier alpha value is -3.21. The van der Waals surface area contributed by atoms with Crippen molar-refractivity contribution in [2.75, 3.05) is 0 Å². The fraction of sp³-hybridized carbons (Fsp3) is 0.0500. The van der Waals surface area contributed by atoms with Crippen LogP contribution in [-0.2, 0) is 0 Å². The third-order valence-corrected chi connectivity index (χ3v) is 3.93. The van der Waals surface area contributed by atoms with Crippen molar-refractivity contribution < 1.29 is 8.78 Å². The standard InChI is InChI=1S/C20H13F2N3/c1-12-6-4-11-17(23-12)20-24-16-10-3-2-7-13(16)19(25-20)14-8-5-9-15(21)18(14)22/h2-11H,1H3. The van der Waals surface area contributed by atoms with Gasteiger partial charge in [-0.1, -0.05) is 30.3 Å². The van der Waals surface area contributed by atoms with Crippen molar-refractivity contribution in [3.05, 3.63) is 78.0 Å². The molecule has 3 nitrogen and oxygen atoms in total. The molecule has 4 rings (SSSR count). The van der Waals surface area contributed by atoms with Gasteiger partial charge in [0.1, 0.15) is 5.69 Å². The van der Waals surface area contributed by atoms with Crippen molar-refractivity contribution in [1.29, 1.82) is 0 Å². The second-order valence-electron chi connectivity index (χ2n) is 5.68. The van der Waals surface area contributed by atoms with Crippen LogP contribution in [0.25, 0.3) is 33.7 Å². The van der Waals surface area contributed by atoms with E-state index in [0.29, 0.717) is 28.1 Å². The summed E-state index contributed by atoms with van der Waals surface area (Å²) in [6.45, 7) is 1.87. The molecule has 0 spiro atoms. The molecule has 0 bridgehead atoms. The van der Waals surface area contributed by atoms with Gasteiger partial charge in [0, 0.05) is 16.6 Å². The molecule has 0 aliphatic carbocycles. The Kier molecular flexibility index (Phi) is 3.69. The molecule has 0 N–H and O–H groups in total. The van der Waals surface area contributed by atoms with Gasteiger partial charge in [-0.2, -0.15) is 0 Å². The highest BCUT2D eigenvalue weighted by atomic mass is 19.2. The van der Waals surface area contributed by atoms with E-state index in [2.05, 4.69) is 15.0 Å². The molecule has 122 valence electrons. The van der Waals surface area contributed by atoms with E-state index in [1.54, 1.807) is 12.1 Å². The predicted octanol–water partition coefficient (Wildman–Crippen LogP) is 4.95. The molecule has 2 aromatic heterocycles. The molecule has 2 heterocycles. The minimum atomic E-state index is -0.922. The van der Waals surface area contributed by atoms with E-state index < -0.39 is 11.6 Å². The first-order valence-corrected chi connectivity index (χ1v) is 7.78. The Labute approximate surface area is 143 Å². The number of hydrogen-bond acceptors (Lipinski definition) is 3. The molecular formula is C20H13F2N3. The summed E-state index contributed by atoms with van der Waals surface area (Å²) >= 11 is 0. The summed E-state index contributed by atoms with van der Waals surface area (Å²) in [5, 5.41) is 0.656. The van der Waals surface area contributed by atoms with Crippen LogP contribution in [0.15, 0.2) is 60.7 Å². The van der Waals surface area contributed by atoms with E-state index >= 15 is 0 Å². The van der Waals surface area contributed by atoms with Crippen molar-refractivity contribution in [3.63, 3.8) is 0 Å². The van der Waals surface area contributed by atoms with E-state index in [4.69, 9.17) is 0 Å². The average molecular weight is 333 g/mol. The fourth-order valence-electron chi connectivity index (χ4n) is 2.75. The van der Waals surface area contributed by atoms with Gasteiger partial charge in [0.25, 0.3) is 0 Å². The molecule has 0 saturated heterocycles. The smallest absolute Gasteiger partial charge is 0.179 e. The third kappa shape index (κ3) is 2.74. The first-order chi connectivity index (χ1) is 12.1. The zero-order valence-corrected chi connectivity index (χ0v) is 13.4. The molecule has 0 atom stereocenters. The highest BCUT2D eigenvalue weighted by Crippen LogP contribution is 2.30. The van der Waals surface area contributed by atoms with Crippen molar-refractivity contribution in [3.8, 4) is 22.8 Å². The van der Waals surface area contributed by atoms with Crippen molar-refractivity contribution in [1.82, 2.24) is 15.0 Å². The lowest BCUT2D eigenvalue weighted by Crippen LogP contribution is -1.99. The molecule has 4 aromatic rings. The van der Waals surface area contributed by atoms with Gasteiger partial charge in [0.2, 0.25) is 0 Å². The number of para-hydroxylation sites is 1. The Morgan fingerprint density at radius 1 is 0.760 bits per heavy atom. The Morgan fingerprint density at radius 2 is 1.56 bits per heavy atom. The van der Waals surface area contributed by atoms with Gasteiger partial charge < -0.3 is 0 Å². The van der Waals surface area contributed by atoms with Gasteiger partial charge in [-0.3, -0.25) is 0 Å². The Morgan fingerprint density at radius 3 is 2.40 bits per heavy atom. The highest BCUT2D eigenvalue weighted by Gasteiger charge is 2.16. The Balaban J connectivity index is 2.04. The predicted molar refractivity (Wildman–Crippen MR) is 92.9 cm³/mol. The SMILES string of the molecule is Cc1cccc(-c2nc(-c3cccc(F)c3F)c3ccccc3n2)n1. The van der Waals surface area contributed by atoms with Crippen LogP contribution in [-0.4, -0.2) is 15.0 Å². The Bertz CT molecular complexity index is 1090. The number of hydrogen-bond donors (Lipinski definition) is 0. The van der Waals surface area contributed by atoms with Crippen molar-refractivity contribution in [2.24, 2.45) is 0 Å². The largest absolute Gasteiger partial charge is 0.250 e. The summed E-state index contributed by atoms with van der Waals surface area (Å²) in [4.78, 5) is 13.5. The van der Waals surface area contributed by atoms with Crippen LogP contribution in [0.4, 0.5) is 8.78 Å². The number of fused-ring (bicyclic) bond motifs is 1. The van der Waals surface area contributed by atoms with Crippen molar-refractivity contribution >= 4 is 10.9 Å². The lowest BCUT2D eigenvalue weighted by Gasteiger charge is -2.10. The summed E-state index contributed by atoms with van der Waals surface area (Å²) in [6.07, 6.45) is 0. The molecule has 2 aromatic carbocycles. The minimum absolute atomic E-state index is 0.104. The highest BCUT2D eigenvalue weighted by molar-refractivity contribution is 5.93. The lowest BCUT2D eigenvalue weighted by atomic mass is 10.1. The maximum absolute atomic E-state index is 14.4. The number of aromatic nitrogens is 3. The maximum atomic E-state index is 14.4. The van der Waals surface area contributed by atoms with Crippen LogP contribution in [0, 0.1) is 18.6 Å². The molecule has 0 unspecified atom stereocenters. The number of pyridine rings is 1.